The van der Waals surface area contributed by atoms with Gasteiger partial charge in [0.15, 0.2) is 0 Å². The van der Waals surface area contributed by atoms with Crippen LogP contribution in [0.3, 0.4) is 0 Å². The number of nitrogens with zero attached hydrogens (tertiary/aromatic N) is 1. The first-order valence-electron chi connectivity index (χ1n) is 6.67. The molecule has 5 heteroatoms. The van der Waals surface area contributed by atoms with Crippen LogP contribution < -0.4 is 14.8 Å². The fraction of sp³-hybridized carbons (Fsp3) is 0.235. The molecule has 0 fully saturated rings. The highest BCUT2D eigenvalue weighted by Gasteiger charge is 2.05. The van der Waals surface area contributed by atoms with E-state index in [1.807, 2.05) is 36.4 Å². The number of benzene rings is 2. The number of nitriles is 1. The first kappa shape index (κ1) is 17.8. The van der Waals surface area contributed by atoms with Gasteiger partial charge >= 0.3 is 0 Å². The van der Waals surface area contributed by atoms with Gasteiger partial charge in [-0.15, -0.1) is 12.4 Å². The predicted molar refractivity (Wildman–Crippen MR) is 88.5 cm³/mol. The van der Waals surface area contributed by atoms with Crippen LogP contribution in [0.5, 0.6) is 11.5 Å². The van der Waals surface area contributed by atoms with E-state index in [4.69, 9.17) is 14.7 Å². The Morgan fingerprint density at radius 1 is 1.05 bits per heavy atom. The summed E-state index contributed by atoms with van der Waals surface area (Å²) < 4.78 is 10.6. The summed E-state index contributed by atoms with van der Waals surface area (Å²) in [5.41, 5.74) is 2.79. The van der Waals surface area contributed by atoms with Gasteiger partial charge in [0.2, 0.25) is 0 Å². The summed E-state index contributed by atoms with van der Waals surface area (Å²) >= 11 is 0. The minimum absolute atomic E-state index is 0. The van der Waals surface area contributed by atoms with E-state index < -0.39 is 0 Å². The Hall–Kier alpha value is -2.22. The molecule has 2 aromatic rings. The Morgan fingerprint density at radius 2 is 1.86 bits per heavy atom. The molecule has 22 heavy (non-hydrogen) atoms. The molecule has 0 spiro atoms. The average Bonchev–Trinajstić information content (AvgIpc) is 2.55. The maximum Gasteiger partial charge on any atom is 0.123 e. The summed E-state index contributed by atoms with van der Waals surface area (Å²) in [6, 6.07) is 15.4. The van der Waals surface area contributed by atoms with Crippen molar-refractivity contribution < 1.29 is 9.47 Å². The third kappa shape index (κ3) is 4.66. The van der Waals surface area contributed by atoms with Crippen LogP contribution in [-0.2, 0) is 13.1 Å². The van der Waals surface area contributed by atoms with E-state index in [1.165, 1.54) is 0 Å². The molecule has 0 saturated heterocycles. The Morgan fingerprint density at radius 3 is 2.55 bits per heavy atom. The number of hydrogen-bond donors (Lipinski definition) is 1. The molecule has 116 valence electrons. The van der Waals surface area contributed by atoms with Gasteiger partial charge < -0.3 is 14.8 Å². The molecule has 0 saturated carbocycles. The molecule has 0 unspecified atom stereocenters. The number of hydrogen-bond acceptors (Lipinski definition) is 4. The summed E-state index contributed by atoms with van der Waals surface area (Å²) in [6.07, 6.45) is 0. The van der Waals surface area contributed by atoms with E-state index in [0.29, 0.717) is 18.7 Å². The zero-order chi connectivity index (χ0) is 15.1. The highest BCUT2D eigenvalue weighted by atomic mass is 35.5. The topological polar surface area (TPSA) is 54.3 Å². The van der Waals surface area contributed by atoms with Crippen molar-refractivity contribution in [1.29, 1.82) is 5.26 Å². The summed E-state index contributed by atoms with van der Waals surface area (Å²) in [5, 5.41) is 12.2. The normalized spacial score (nSPS) is 9.50. The molecule has 0 bridgehead atoms. The molecule has 2 aromatic carbocycles. The van der Waals surface area contributed by atoms with Gasteiger partial charge in [-0.25, -0.2) is 0 Å². The molecule has 0 atom stereocenters. The maximum atomic E-state index is 8.89. The minimum atomic E-state index is 0. The van der Waals surface area contributed by atoms with Gasteiger partial charge in [-0.2, -0.15) is 5.26 Å². The maximum absolute atomic E-state index is 8.89. The number of nitrogens with one attached hydrogen (secondary N) is 1. The number of rotatable bonds is 6. The van der Waals surface area contributed by atoms with Crippen LogP contribution in [0.15, 0.2) is 42.5 Å². The molecule has 0 heterocycles. The molecule has 4 nitrogen and oxygen atoms in total. The summed E-state index contributed by atoms with van der Waals surface area (Å²) in [5.74, 6) is 1.63. The zero-order valence-corrected chi connectivity index (χ0v) is 13.4. The molecule has 1 N–H and O–H groups in total. The van der Waals surface area contributed by atoms with E-state index in [0.717, 1.165) is 22.6 Å². The van der Waals surface area contributed by atoms with E-state index in [-0.39, 0.29) is 12.4 Å². The Kier molecular flexibility index (Phi) is 7.24. The van der Waals surface area contributed by atoms with E-state index >= 15 is 0 Å². The highest BCUT2D eigenvalue weighted by molar-refractivity contribution is 5.85. The van der Waals surface area contributed by atoms with Crippen LogP contribution >= 0.6 is 12.4 Å². The predicted octanol–water partition coefficient (Wildman–Crippen LogP) is 3.29. The molecular formula is C17H19ClN2O2. The van der Waals surface area contributed by atoms with Crippen LogP contribution in [-0.4, -0.2) is 14.2 Å². The van der Waals surface area contributed by atoms with Crippen LogP contribution in [0.4, 0.5) is 0 Å². The number of halogens is 1. The number of ether oxygens (including phenoxy) is 2. The van der Waals surface area contributed by atoms with Gasteiger partial charge in [0.05, 0.1) is 25.9 Å². The van der Waals surface area contributed by atoms with Gasteiger partial charge in [-0.05, 0) is 35.9 Å². The standard InChI is InChI=1S/C17H18N2O2.ClH/c1-20-16-6-7-17(21-2)15(9-16)12-19-11-14-5-3-4-13(8-14)10-18;/h3-9,19H,11-12H2,1-2H3;1H. The van der Waals surface area contributed by atoms with Crippen molar-refractivity contribution in [3.63, 3.8) is 0 Å². The second-order valence-electron chi connectivity index (χ2n) is 4.59. The first-order valence-corrected chi connectivity index (χ1v) is 6.67. The smallest absolute Gasteiger partial charge is 0.123 e. The molecular weight excluding hydrogens is 300 g/mol. The van der Waals surface area contributed by atoms with E-state index in [1.54, 1.807) is 20.3 Å². The van der Waals surface area contributed by atoms with E-state index in [9.17, 15) is 0 Å². The monoisotopic (exact) mass is 318 g/mol. The molecule has 0 aliphatic heterocycles. The van der Waals surface area contributed by atoms with Crippen molar-refractivity contribution in [1.82, 2.24) is 5.32 Å². The molecule has 2 rings (SSSR count). The fourth-order valence-electron chi connectivity index (χ4n) is 2.11. The summed E-state index contributed by atoms with van der Waals surface area (Å²) in [4.78, 5) is 0. The number of methoxy groups -OCH3 is 2. The van der Waals surface area contributed by atoms with Gasteiger partial charge in [0.25, 0.3) is 0 Å². The Bertz CT molecular complexity index is 653. The first-order chi connectivity index (χ1) is 10.3. The van der Waals surface area contributed by atoms with E-state index in [2.05, 4.69) is 11.4 Å². The lowest BCUT2D eigenvalue weighted by Gasteiger charge is -2.11. The van der Waals surface area contributed by atoms with Gasteiger partial charge in [-0.3, -0.25) is 0 Å². The Balaban J connectivity index is 0.00000242. The second-order valence-corrected chi connectivity index (χ2v) is 4.59. The van der Waals surface area contributed by atoms with Crippen LogP contribution in [0.2, 0.25) is 0 Å². The van der Waals surface area contributed by atoms with Gasteiger partial charge in [-0.1, -0.05) is 12.1 Å². The summed E-state index contributed by atoms with van der Waals surface area (Å²) in [7, 11) is 3.30. The molecule has 0 aliphatic rings. The minimum Gasteiger partial charge on any atom is -0.497 e. The largest absolute Gasteiger partial charge is 0.497 e. The summed E-state index contributed by atoms with van der Waals surface area (Å²) in [6.45, 7) is 1.35. The van der Waals surface area contributed by atoms with Crippen LogP contribution in [0.1, 0.15) is 16.7 Å². The van der Waals surface area contributed by atoms with Crippen molar-refractivity contribution in [2.75, 3.05) is 14.2 Å². The lowest BCUT2D eigenvalue weighted by molar-refractivity contribution is 0.397. The van der Waals surface area contributed by atoms with Crippen molar-refractivity contribution in [3.8, 4) is 17.6 Å². The fourth-order valence-corrected chi connectivity index (χ4v) is 2.11. The van der Waals surface area contributed by atoms with Crippen molar-refractivity contribution in [2.45, 2.75) is 13.1 Å². The second kappa shape index (κ2) is 8.93. The van der Waals surface area contributed by atoms with Gasteiger partial charge in [0.1, 0.15) is 11.5 Å². The quantitative estimate of drug-likeness (QED) is 0.888. The van der Waals surface area contributed by atoms with Crippen molar-refractivity contribution in [3.05, 3.63) is 59.2 Å². The average molecular weight is 319 g/mol. The molecule has 0 amide bonds. The molecule has 0 radical (unpaired) electrons. The SMILES string of the molecule is COc1ccc(OC)c(CNCc2cccc(C#N)c2)c1.Cl. The molecule has 0 aliphatic carbocycles. The van der Waals surface area contributed by atoms with Crippen molar-refractivity contribution in [2.24, 2.45) is 0 Å². The third-order valence-corrected chi connectivity index (χ3v) is 3.19. The van der Waals surface area contributed by atoms with Crippen LogP contribution in [0.25, 0.3) is 0 Å². The lowest BCUT2D eigenvalue weighted by atomic mass is 10.1. The lowest BCUT2D eigenvalue weighted by Crippen LogP contribution is -2.13. The van der Waals surface area contributed by atoms with Crippen molar-refractivity contribution >= 4 is 12.4 Å². The highest BCUT2D eigenvalue weighted by Crippen LogP contribution is 2.23. The van der Waals surface area contributed by atoms with Crippen LogP contribution in [0, 0.1) is 11.3 Å². The zero-order valence-electron chi connectivity index (χ0n) is 12.6. The third-order valence-electron chi connectivity index (χ3n) is 3.19. The molecule has 0 aromatic heterocycles. The van der Waals surface area contributed by atoms with Gasteiger partial charge in [0, 0.05) is 18.7 Å². The Labute approximate surface area is 137 Å².